The predicted molar refractivity (Wildman–Crippen MR) is 73.2 cm³/mol. The van der Waals surface area contributed by atoms with Crippen LogP contribution in [-0.4, -0.2) is 21.9 Å². The Labute approximate surface area is 106 Å². The summed E-state index contributed by atoms with van der Waals surface area (Å²) in [5, 5.41) is 7.99. The monoisotopic (exact) mass is 237 g/mol. The molecule has 3 nitrogen and oxygen atoms in total. The largest absolute Gasteiger partial charge is 0.312 e. The van der Waals surface area contributed by atoms with Gasteiger partial charge in [-0.3, -0.25) is 4.68 Å². The second kappa shape index (κ2) is 5.67. The molecule has 1 heterocycles. The van der Waals surface area contributed by atoms with Gasteiger partial charge in [0.2, 0.25) is 0 Å². The van der Waals surface area contributed by atoms with E-state index >= 15 is 0 Å². The zero-order valence-electron chi connectivity index (χ0n) is 12.2. The third-order valence-electron chi connectivity index (χ3n) is 3.10. The van der Waals surface area contributed by atoms with Crippen molar-refractivity contribution >= 4 is 0 Å². The Balaban J connectivity index is 2.55. The maximum atomic E-state index is 4.40. The molecule has 1 aromatic heterocycles. The Kier molecular flexibility index (Phi) is 4.75. The normalized spacial score (nSPS) is 14.0. The van der Waals surface area contributed by atoms with Crippen LogP contribution in [0.25, 0.3) is 0 Å². The highest BCUT2D eigenvalue weighted by molar-refractivity contribution is 5.09. The van der Waals surface area contributed by atoms with E-state index in [-0.39, 0.29) is 5.54 Å². The first-order valence-corrected chi connectivity index (χ1v) is 6.56. The highest BCUT2D eigenvalue weighted by Gasteiger charge is 2.15. The van der Waals surface area contributed by atoms with Crippen molar-refractivity contribution in [3.05, 3.63) is 17.5 Å². The molecule has 0 bridgehead atoms. The average molecular weight is 237 g/mol. The van der Waals surface area contributed by atoms with E-state index in [1.54, 1.807) is 0 Å². The summed E-state index contributed by atoms with van der Waals surface area (Å²) >= 11 is 0. The first kappa shape index (κ1) is 14.2. The predicted octanol–water partition coefficient (Wildman–Crippen LogP) is 2.69. The number of nitrogens with one attached hydrogen (secondary N) is 1. The summed E-state index contributed by atoms with van der Waals surface area (Å²) in [5.41, 5.74) is 2.65. The van der Waals surface area contributed by atoms with Gasteiger partial charge < -0.3 is 5.32 Å². The summed E-state index contributed by atoms with van der Waals surface area (Å²) < 4.78 is 2.01. The molecule has 1 unspecified atom stereocenters. The average Bonchev–Trinajstić information content (AvgIpc) is 2.50. The van der Waals surface area contributed by atoms with Crippen molar-refractivity contribution in [2.75, 3.05) is 6.54 Å². The van der Waals surface area contributed by atoms with Crippen LogP contribution in [0.1, 0.15) is 45.5 Å². The molecule has 0 spiro atoms. The highest BCUT2D eigenvalue weighted by Crippen LogP contribution is 2.13. The van der Waals surface area contributed by atoms with Gasteiger partial charge in [-0.05, 0) is 52.6 Å². The van der Waals surface area contributed by atoms with Crippen LogP contribution < -0.4 is 5.32 Å². The molecule has 98 valence electrons. The zero-order chi connectivity index (χ0) is 13.1. The molecule has 3 heteroatoms. The summed E-state index contributed by atoms with van der Waals surface area (Å²) in [7, 11) is 2.03. The SMILES string of the molecule is CCC(CNC(C)(C)C)Cc1cc(C)nn1C. The van der Waals surface area contributed by atoms with Crippen LogP contribution in [0.3, 0.4) is 0 Å². The number of rotatable bonds is 5. The molecule has 1 N–H and O–H groups in total. The molecule has 0 aromatic carbocycles. The molecular formula is C14H27N3. The Morgan fingerprint density at radius 2 is 2.06 bits per heavy atom. The summed E-state index contributed by atoms with van der Waals surface area (Å²) in [6, 6.07) is 2.19. The van der Waals surface area contributed by atoms with Crippen molar-refractivity contribution in [3.8, 4) is 0 Å². The molecule has 0 saturated heterocycles. The van der Waals surface area contributed by atoms with Gasteiger partial charge in [0.05, 0.1) is 5.69 Å². The molecule has 0 aliphatic rings. The van der Waals surface area contributed by atoms with Crippen molar-refractivity contribution in [2.45, 2.75) is 53.0 Å². The lowest BCUT2D eigenvalue weighted by Gasteiger charge is -2.24. The van der Waals surface area contributed by atoms with Gasteiger partial charge in [-0.2, -0.15) is 5.10 Å². The molecule has 1 aromatic rings. The number of nitrogens with zero attached hydrogens (tertiary/aromatic N) is 2. The summed E-state index contributed by atoms with van der Waals surface area (Å²) in [4.78, 5) is 0. The van der Waals surface area contributed by atoms with Crippen LogP contribution >= 0.6 is 0 Å². The van der Waals surface area contributed by atoms with E-state index < -0.39 is 0 Å². The third-order valence-corrected chi connectivity index (χ3v) is 3.10. The second-order valence-corrected chi connectivity index (χ2v) is 6.01. The maximum absolute atomic E-state index is 4.40. The molecular weight excluding hydrogens is 210 g/mol. The fourth-order valence-electron chi connectivity index (χ4n) is 1.96. The molecule has 1 atom stereocenters. The molecule has 0 saturated carbocycles. The van der Waals surface area contributed by atoms with Crippen molar-refractivity contribution in [1.29, 1.82) is 0 Å². The number of hydrogen-bond acceptors (Lipinski definition) is 2. The molecule has 0 aliphatic heterocycles. The lowest BCUT2D eigenvalue weighted by Crippen LogP contribution is -2.39. The highest BCUT2D eigenvalue weighted by atomic mass is 15.3. The van der Waals surface area contributed by atoms with E-state index in [9.17, 15) is 0 Å². The number of aromatic nitrogens is 2. The second-order valence-electron chi connectivity index (χ2n) is 6.01. The smallest absolute Gasteiger partial charge is 0.0596 e. The van der Waals surface area contributed by atoms with E-state index in [4.69, 9.17) is 0 Å². The van der Waals surface area contributed by atoms with Crippen LogP contribution in [0.2, 0.25) is 0 Å². The van der Waals surface area contributed by atoms with Gasteiger partial charge in [0.15, 0.2) is 0 Å². The van der Waals surface area contributed by atoms with Crippen LogP contribution in [0.5, 0.6) is 0 Å². The molecule has 17 heavy (non-hydrogen) atoms. The first-order chi connectivity index (χ1) is 7.81. The molecule has 0 fully saturated rings. The standard InChI is InChI=1S/C14H27N3/c1-7-12(10-15-14(3,4)5)9-13-8-11(2)16-17(13)6/h8,12,15H,7,9-10H2,1-6H3. The van der Waals surface area contributed by atoms with Crippen molar-refractivity contribution in [2.24, 2.45) is 13.0 Å². The zero-order valence-corrected chi connectivity index (χ0v) is 12.2. The van der Waals surface area contributed by atoms with Gasteiger partial charge in [0.1, 0.15) is 0 Å². The third kappa shape index (κ3) is 4.90. The molecule has 0 amide bonds. The van der Waals surface area contributed by atoms with E-state index in [1.807, 2.05) is 11.7 Å². The van der Waals surface area contributed by atoms with Crippen LogP contribution in [-0.2, 0) is 13.5 Å². The van der Waals surface area contributed by atoms with Gasteiger partial charge in [-0.1, -0.05) is 13.3 Å². The fourth-order valence-corrected chi connectivity index (χ4v) is 1.96. The number of aryl methyl sites for hydroxylation is 2. The Bertz CT molecular complexity index is 347. The van der Waals surface area contributed by atoms with E-state index in [2.05, 4.69) is 51.1 Å². The summed E-state index contributed by atoms with van der Waals surface area (Å²) in [6.45, 7) is 12.0. The summed E-state index contributed by atoms with van der Waals surface area (Å²) in [6.07, 6.45) is 2.31. The van der Waals surface area contributed by atoms with Crippen LogP contribution in [0.4, 0.5) is 0 Å². The summed E-state index contributed by atoms with van der Waals surface area (Å²) in [5.74, 6) is 0.684. The minimum Gasteiger partial charge on any atom is -0.312 e. The van der Waals surface area contributed by atoms with Gasteiger partial charge in [-0.15, -0.1) is 0 Å². The first-order valence-electron chi connectivity index (χ1n) is 6.56. The van der Waals surface area contributed by atoms with Gasteiger partial charge in [0, 0.05) is 18.3 Å². The maximum Gasteiger partial charge on any atom is 0.0596 e. The van der Waals surface area contributed by atoms with Crippen LogP contribution in [0.15, 0.2) is 6.07 Å². The molecule has 1 rings (SSSR count). The van der Waals surface area contributed by atoms with E-state index in [0.29, 0.717) is 5.92 Å². The van der Waals surface area contributed by atoms with Gasteiger partial charge in [-0.25, -0.2) is 0 Å². The quantitative estimate of drug-likeness (QED) is 0.853. The molecule has 0 aliphatic carbocycles. The fraction of sp³-hybridized carbons (Fsp3) is 0.786. The minimum atomic E-state index is 0.204. The van der Waals surface area contributed by atoms with Crippen molar-refractivity contribution in [1.82, 2.24) is 15.1 Å². The lowest BCUT2D eigenvalue weighted by atomic mass is 9.98. The van der Waals surface area contributed by atoms with Crippen molar-refractivity contribution < 1.29 is 0 Å². The van der Waals surface area contributed by atoms with Crippen molar-refractivity contribution in [3.63, 3.8) is 0 Å². The van der Waals surface area contributed by atoms with E-state index in [0.717, 1.165) is 18.7 Å². The van der Waals surface area contributed by atoms with Gasteiger partial charge in [0.25, 0.3) is 0 Å². The lowest BCUT2D eigenvalue weighted by molar-refractivity contribution is 0.359. The Morgan fingerprint density at radius 3 is 2.47 bits per heavy atom. The Morgan fingerprint density at radius 1 is 1.41 bits per heavy atom. The van der Waals surface area contributed by atoms with E-state index in [1.165, 1.54) is 12.1 Å². The Hall–Kier alpha value is -0.830. The number of hydrogen-bond donors (Lipinski definition) is 1. The van der Waals surface area contributed by atoms with Crippen LogP contribution in [0, 0.1) is 12.8 Å². The van der Waals surface area contributed by atoms with Gasteiger partial charge >= 0.3 is 0 Å². The molecule has 0 radical (unpaired) electrons. The minimum absolute atomic E-state index is 0.204. The topological polar surface area (TPSA) is 29.9 Å².